The summed E-state index contributed by atoms with van der Waals surface area (Å²) in [6.45, 7) is 5.14. The molecule has 2 aromatic heterocycles. The van der Waals surface area contributed by atoms with Crippen molar-refractivity contribution >= 4 is 15.7 Å². The van der Waals surface area contributed by atoms with Gasteiger partial charge < -0.3 is 14.6 Å². The number of amides is 1. The fraction of sp³-hybridized carbons (Fsp3) is 0.400. The number of hydrogen-bond donors (Lipinski definition) is 1. The van der Waals surface area contributed by atoms with Crippen molar-refractivity contribution in [1.29, 1.82) is 0 Å². The van der Waals surface area contributed by atoms with E-state index in [4.69, 9.17) is 9.72 Å². The molecule has 0 unspecified atom stereocenters. The lowest BCUT2D eigenvalue weighted by Crippen LogP contribution is -2.28. The lowest BCUT2D eigenvalue weighted by atomic mass is 10.1. The van der Waals surface area contributed by atoms with Gasteiger partial charge in [-0.1, -0.05) is 0 Å². The minimum absolute atomic E-state index is 0.0555. The highest BCUT2D eigenvalue weighted by atomic mass is 32.2. The monoisotopic (exact) mass is 444 g/mol. The number of rotatable bonds is 6. The summed E-state index contributed by atoms with van der Waals surface area (Å²) in [5.41, 5.74) is 1.88. The van der Waals surface area contributed by atoms with Crippen LogP contribution >= 0.6 is 0 Å². The zero-order valence-corrected chi connectivity index (χ0v) is 18.4. The van der Waals surface area contributed by atoms with E-state index in [0.29, 0.717) is 30.3 Å². The predicted molar refractivity (Wildman–Crippen MR) is 115 cm³/mol. The minimum Gasteiger partial charge on any atom is -0.491 e. The molecule has 31 heavy (non-hydrogen) atoms. The van der Waals surface area contributed by atoms with Gasteiger partial charge in [-0.3, -0.25) is 4.79 Å². The van der Waals surface area contributed by atoms with Crippen LogP contribution in [0.4, 0.5) is 0 Å². The average Bonchev–Trinajstić information content (AvgIpc) is 3.31. The number of nitrogens with one attached hydrogen (secondary N) is 1. The highest BCUT2D eigenvalue weighted by Gasteiger charge is 2.22. The third-order valence-corrected chi connectivity index (χ3v) is 5.85. The Bertz CT molecular complexity index is 1230. The van der Waals surface area contributed by atoms with Crippen LogP contribution in [0.25, 0.3) is 22.9 Å². The Morgan fingerprint density at radius 2 is 2.10 bits per heavy atom. The number of carbonyl (C=O) groups excluding carboxylic acids is 1. The molecule has 164 valence electrons. The van der Waals surface area contributed by atoms with Crippen LogP contribution in [-0.4, -0.2) is 63.8 Å². The summed E-state index contributed by atoms with van der Waals surface area (Å²) in [5, 5.41) is 6.91. The molecule has 1 aliphatic rings. The van der Waals surface area contributed by atoms with Crippen molar-refractivity contribution in [3.8, 4) is 28.7 Å². The lowest BCUT2D eigenvalue weighted by molar-refractivity contribution is 0.0955. The van der Waals surface area contributed by atoms with Crippen LogP contribution in [0.5, 0.6) is 5.75 Å². The Hall–Kier alpha value is -3.21. The largest absolute Gasteiger partial charge is 0.491 e. The first-order chi connectivity index (χ1) is 14.7. The SMILES string of the molecule is CC(C)n1ncnc1-c1cn2c(n1)-c1ccc(C(=O)NCCS(C)(=O)=O)cc1OCC2. The van der Waals surface area contributed by atoms with E-state index in [2.05, 4.69) is 15.4 Å². The Morgan fingerprint density at radius 3 is 2.84 bits per heavy atom. The van der Waals surface area contributed by atoms with Gasteiger partial charge in [0.15, 0.2) is 5.82 Å². The molecule has 0 saturated heterocycles. The Balaban J connectivity index is 1.62. The van der Waals surface area contributed by atoms with Crippen LogP contribution in [0.2, 0.25) is 0 Å². The maximum Gasteiger partial charge on any atom is 0.251 e. The van der Waals surface area contributed by atoms with Crippen molar-refractivity contribution in [3.63, 3.8) is 0 Å². The van der Waals surface area contributed by atoms with Crippen LogP contribution in [0.1, 0.15) is 30.2 Å². The summed E-state index contributed by atoms with van der Waals surface area (Å²) < 4.78 is 32.2. The molecule has 0 radical (unpaired) electrons. The number of fused-ring (bicyclic) bond motifs is 3. The second kappa shape index (κ2) is 8.14. The fourth-order valence-corrected chi connectivity index (χ4v) is 3.87. The van der Waals surface area contributed by atoms with Gasteiger partial charge in [-0.15, -0.1) is 0 Å². The first kappa shape index (κ1) is 21.0. The van der Waals surface area contributed by atoms with Gasteiger partial charge in [0, 0.05) is 30.6 Å². The standard InChI is InChI=1S/C20H24N6O4S/c1-13(2)26-19(22-12-23-26)16-11-25-7-8-30-17-10-14(4-5-15(17)18(25)24-16)20(27)21-6-9-31(3,28)29/h4-5,10-13H,6-9H2,1-3H3,(H,21,27). The van der Waals surface area contributed by atoms with Crippen LogP contribution in [0, 0.1) is 0 Å². The summed E-state index contributed by atoms with van der Waals surface area (Å²) in [5.74, 6) is 1.51. The molecule has 0 saturated carbocycles. The summed E-state index contributed by atoms with van der Waals surface area (Å²) in [7, 11) is -3.14. The van der Waals surface area contributed by atoms with Crippen LogP contribution in [0.3, 0.4) is 0 Å². The number of carbonyl (C=O) groups is 1. The molecule has 1 amide bonds. The van der Waals surface area contributed by atoms with Crippen LogP contribution in [0.15, 0.2) is 30.7 Å². The van der Waals surface area contributed by atoms with Gasteiger partial charge in [0.25, 0.3) is 5.91 Å². The van der Waals surface area contributed by atoms with Gasteiger partial charge in [-0.05, 0) is 32.0 Å². The van der Waals surface area contributed by atoms with E-state index in [9.17, 15) is 13.2 Å². The second-order valence-corrected chi connectivity index (χ2v) is 9.97. The maximum absolute atomic E-state index is 12.4. The van der Waals surface area contributed by atoms with Gasteiger partial charge in [-0.2, -0.15) is 5.10 Å². The number of nitrogens with zero attached hydrogens (tertiary/aromatic N) is 5. The van der Waals surface area contributed by atoms with Crippen molar-refractivity contribution in [2.75, 3.05) is 25.2 Å². The first-order valence-electron chi connectivity index (χ1n) is 9.93. The first-order valence-corrected chi connectivity index (χ1v) is 12.0. The lowest BCUT2D eigenvalue weighted by Gasteiger charge is -2.10. The van der Waals surface area contributed by atoms with Gasteiger partial charge in [0.05, 0.1) is 17.9 Å². The molecule has 11 heteroatoms. The molecule has 3 heterocycles. The Labute approximate surface area is 180 Å². The van der Waals surface area contributed by atoms with Crippen molar-refractivity contribution < 1.29 is 17.9 Å². The van der Waals surface area contributed by atoms with E-state index in [-0.39, 0.29) is 24.2 Å². The molecule has 1 N–H and O–H groups in total. The van der Waals surface area contributed by atoms with Gasteiger partial charge in [0.1, 0.15) is 40.0 Å². The van der Waals surface area contributed by atoms with Gasteiger partial charge >= 0.3 is 0 Å². The van der Waals surface area contributed by atoms with Crippen LogP contribution < -0.4 is 10.1 Å². The van der Waals surface area contributed by atoms with Crippen molar-refractivity contribution in [2.24, 2.45) is 0 Å². The zero-order valence-electron chi connectivity index (χ0n) is 17.6. The normalized spacial score (nSPS) is 13.3. The van der Waals surface area contributed by atoms with E-state index in [1.54, 1.807) is 18.2 Å². The number of imidazole rings is 1. The summed E-state index contributed by atoms with van der Waals surface area (Å²) >= 11 is 0. The molecule has 1 aromatic carbocycles. The molecule has 10 nitrogen and oxygen atoms in total. The smallest absolute Gasteiger partial charge is 0.251 e. The summed E-state index contributed by atoms with van der Waals surface area (Å²) in [6.07, 6.45) is 4.59. The maximum atomic E-state index is 12.4. The molecular formula is C20H24N6O4S. The molecule has 0 bridgehead atoms. The Morgan fingerprint density at radius 1 is 1.29 bits per heavy atom. The number of benzene rings is 1. The summed E-state index contributed by atoms with van der Waals surface area (Å²) in [4.78, 5) is 21.6. The van der Waals surface area contributed by atoms with E-state index >= 15 is 0 Å². The molecule has 4 rings (SSSR count). The minimum atomic E-state index is -3.14. The molecule has 0 aliphatic carbocycles. The van der Waals surface area contributed by atoms with E-state index in [1.165, 1.54) is 6.33 Å². The van der Waals surface area contributed by atoms with Crippen molar-refractivity contribution in [1.82, 2.24) is 29.6 Å². The van der Waals surface area contributed by atoms with Gasteiger partial charge in [0.2, 0.25) is 0 Å². The molecule has 1 aliphatic heterocycles. The molecule has 0 fully saturated rings. The topological polar surface area (TPSA) is 121 Å². The fourth-order valence-electron chi connectivity index (χ4n) is 3.39. The molecule has 0 atom stereocenters. The summed E-state index contributed by atoms with van der Waals surface area (Å²) in [6, 6.07) is 5.28. The third-order valence-electron chi connectivity index (χ3n) is 4.90. The zero-order chi connectivity index (χ0) is 22.2. The van der Waals surface area contributed by atoms with Crippen molar-refractivity contribution in [2.45, 2.75) is 26.4 Å². The molecule has 3 aromatic rings. The highest BCUT2D eigenvalue weighted by Crippen LogP contribution is 2.34. The number of aromatic nitrogens is 5. The molecule has 0 spiro atoms. The van der Waals surface area contributed by atoms with E-state index < -0.39 is 9.84 Å². The average molecular weight is 445 g/mol. The number of ether oxygens (including phenoxy) is 1. The Kier molecular flexibility index (Phi) is 5.52. The number of sulfone groups is 1. The van der Waals surface area contributed by atoms with Crippen molar-refractivity contribution in [3.05, 3.63) is 36.3 Å². The van der Waals surface area contributed by atoms with Gasteiger partial charge in [-0.25, -0.2) is 23.1 Å². The molecular weight excluding hydrogens is 420 g/mol. The third kappa shape index (κ3) is 4.46. The quantitative estimate of drug-likeness (QED) is 0.612. The van der Waals surface area contributed by atoms with E-state index in [0.717, 1.165) is 23.3 Å². The highest BCUT2D eigenvalue weighted by molar-refractivity contribution is 7.90. The van der Waals surface area contributed by atoms with E-state index in [1.807, 2.05) is 29.3 Å². The van der Waals surface area contributed by atoms with Crippen LogP contribution in [-0.2, 0) is 16.4 Å². The predicted octanol–water partition coefficient (Wildman–Crippen LogP) is 1.56. The second-order valence-electron chi connectivity index (χ2n) is 7.71. The number of hydrogen-bond acceptors (Lipinski definition) is 7.